The molecule has 0 aliphatic heterocycles. The molecule has 23 heavy (non-hydrogen) atoms. The Kier molecular flexibility index (Phi) is 6.22. The highest BCUT2D eigenvalue weighted by Crippen LogP contribution is 2.14. The van der Waals surface area contributed by atoms with Gasteiger partial charge in [0, 0.05) is 26.7 Å². The Morgan fingerprint density at radius 2 is 2.04 bits per heavy atom. The van der Waals surface area contributed by atoms with Gasteiger partial charge in [0.25, 0.3) is 0 Å². The molecule has 0 saturated heterocycles. The Hall–Kier alpha value is -1.81. The van der Waals surface area contributed by atoms with E-state index in [1.54, 1.807) is 19.2 Å². The van der Waals surface area contributed by atoms with Gasteiger partial charge in [-0.1, -0.05) is 12.1 Å². The molecule has 0 unspecified atom stereocenters. The van der Waals surface area contributed by atoms with Gasteiger partial charge >= 0.3 is 0 Å². The minimum atomic E-state index is -3.68. The highest BCUT2D eigenvalue weighted by Gasteiger charge is 2.17. The Bertz CT molecular complexity index is 733. The number of nitrogens with one attached hydrogen (secondary N) is 2. The third kappa shape index (κ3) is 4.83. The summed E-state index contributed by atoms with van der Waals surface area (Å²) in [5, 5.41) is 6.93. The van der Waals surface area contributed by atoms with Crippen molar-refractivity contribution in [3.8, 4) is 5.69 Å². The van der Waals surface area contributed by atoms with Gasteiger partial charge in [-0.25, -0.2) is 22.2 Å². The normalized spacial score (nSPS) is 11.7. The standard InChI is InChI=1S/C14H19FN4O3S/c1-22-9-8-16-6-7-18-23(20,21)12-10-17-19(11-12)14-5-3-2-4-13(14)15/h2-5,10-11,16,18H,6-9H2,1H3. The zero-order chi connectivity index (χ0) is 16.7. The van der Waals surface area contributed by atoms with Crippen LogP contribution in [0.25, 0.3) is 5.69 Å². The molecule has 126 valence electrons. The fourth-order valence-electron chi connectivity index (χ4n) is 1.87. The Balaban J connectivity index is 1.97. The first-order chi connectivity index (χ1) is 11.0. The number of hydrogen-bond donors (Lipinski definition) is 2. The highest BCUT2D eigenvalue weighted by atomic mass is 32.2. The van der Waals surface area contributed by atoms with Crippen molar-refractivity contribution in [3.05, 3.63) is 42.5 Å². The van der Waals surface area contributed by atoms with Crippen molar-refractivity contribution < 1.29 is 17.5 Å². The molecule has 0 aliphatic rings. The van der Waals surface area contributed by atoms with Gasteiger partial charge in [-0.3, -0.25) is 0 Å². The highest BCUT2D eigenvalue weighted by molar-refractivity contribution is 7.89. The zero-order valence-corrected chi connectivity index (χ0v) is 13.5. The van der Waals surface area contributed by atoms with Gasteiger partial charge < -0.3 is 10.1 Å². The fraction of sp³-hybridized carbons (Fsp3) is 0.357. The van der Waals surface area contributed by atoms with Crippen molar-refractivity contribution in [2.75, 3.05) is 33.4 Å². The zero-order valence-electron chi connectivity index (χ0n) is 12.7. The minimum Gasteiger partial charge on any atom is -0.383 e. The molecular formula is C14H19FN4O3S. The number of nitrogens with zero attached hydrogens (tertiary/aromatic N) is 2. The van der Waals surface area contributed by atoms with Gasteiger partial charge in [-0.2, -0.15) is 5.10 Å². The van der Waals surface area contributed by atoms with Crippen molar-refractivity contribution in [1.82, 2.24) is 19.8 Å². The van der Waals surface area contributed by atoms with Crippen LogP contribution in [0, 0.1) is 5.82 Å². The van der Waals surface area contributed by atoms with E-state index in [1.807, 2.05) is 0 Å². The molecule has 2 rings (SSSR count). The van der Waals surface area contributed by atoms with E-state index in [4.69, 9.17) is 4.74 Å². The molecule has 0 radical (unpaired) electrons. The third-order valence-electron chi connectivity index (χ3n) is 3.05. The van der Waals surface area contributed by atoms with Crippen molar-refractivity contribution >= 4 is 10.0 Å². The second kappa shape index (κ2) is 8.16. The summed E-state index contributed by atoms with van der Waals surface area (Å²) >= 11 is 0. The lowest BCUT2D eigenvalue weighted by Gasteiger charge is -2.06. The van der Waals surface area contributed by atoms with Gasteiger partial charge in [0.05, 0.1) is 19.0 Å². The quantitative estimate of drug-likeness (QED) is 0.649. The van der Waals surface area contributed by atoms with E-state index >= 15 is 0 Å². The predicted molar refractivity (Wildman–Crippen MR) is 83.5 cm³/mol. The summed E-state index contributed by atoms with van der Waals surface area (Å²) in [7, 11) is -2.09. The second-order valence-electron chi connectivity index (χ2n) is 4.71. The molecule has 0 saturated carbocycles. The number of para-hydroxylation sites is 1. The van der Waals surface area contributed by atoms with Crippen LogP contribution < -0.4 is 10.0 Å². The summed E-state index contributed by atoms with van der Waals surface area (Å²) in [4.78, 5) is -0.0161. The molecule has 0 aliphatic carbocycles. The van der Waals surface area contributed by atoms with Crippen LogP contribution in [0.5, 0.6) is 0 Å². The maximum absolute atomic E-state index is 13.7. The molecule has 2 N–H and O–H groups in total. The second-order valence-corrected chi connectivity index (χ2v) is 6.48. The monoisotopic (exact) mass is 342 g/mol. The molecule has 0 spiro atoms. The van der Waals surface area contributed by atoms with Gasteiger partial charge in [0.1, 0.15) is 16.4 Å². The summed E-state index contributed by atoms with van der Waals surface area (Å²) in [6, 6.07) is 6.01. The van der Waals surface area contributed by atoms with Crippen LogP contribution in [0.15, 0.2) is 41.6 Å². The Morgan fingerprint density at radius 3 is 2.78 bits per heavy atom. The number of hydrogen-bond acceptors (Lipinski definition) is 5. The molecule has 0 bridgehead atoms. The number of benzene rings is 1. The number of ether oxygens (including phenoxy) is 1. The molecule has 2 aromatic rings. The summed E-state index contributed by atoms with van der Waals surface area (Å²) < 4.78 is 46.5. The maximum Gasteiger partial charge on any atom is 0.243 e. The van der Waals surface area contributed by atoms with Crippen LogP contribution in [-0.4, -0.2) is 51.5 Å². The average molecular weight is 342 g/mol. The molecule has 1 aromatic carbocycles. The Labute approximate surface area is 134 Å². The van der Waals surface area contributed by atoms with E-state index < -0.39 is 15.8 Å². The van der Waals surface area contributed by atoms with Crippen LogP contribution in [0.4, 0.5) is 4.39 Å². The van der Waals surface area contributed by atoms with Gasteiger partial charge in [0.2, 0.25) is 10.0 Å². The third-order valence-corrected chi connectivity index (χ3v) is 4.46. The van der Waals surface area contributed by atoms with Crippen LogP contribution in [0.1, 0.15) is 0 Å². The fourth-order valence-corrected chi connectivity index (χ4v) is 2.83. The number of sulfonamides is 1. The first-order valence-corrected chi connectivity index (χ1v) is 8.52. The number of methoxy groups -OCH3 is 1. The van der Waals surface area contributed by atoms with Gasteiger partial charge in [0.15, 0.2) is 0 Å². The molecule has 0 amide bonds. The minimum absolute atomic E-state index is 0.0161. The number of rotatable bonds is 9. The molecule has 0 atom stereocenters. The van der Waals surface area contributed by atoms with Crippen molar-refractivity contribution in [2.45, 2.75) is 4.90 Å². The average Bonchev–Trinajstić information content (AvgIpc) is 3.02. The predicted octanol–water partition coefficient (Wildman–Crippen LogP) is 0.526. The van der Waals surface area contributed by atoms with E-state index in [1.165, 1.54) is 29.2 Å². The SMILES string of the molecule is COCCNCCNS(=O)(=O)c1cnn(-c2ccccc2F)c1. The van der Waals surface area contributed by atoms with Crippen LogP contribution in [0.2, 0.25) is 0 Å². The van der Waals surface area contributed by atoms with Crippen LogP contribution in [-0.2, 0) is 14.8 Å². The van der Waals surface area contributed by atoms with Gasteiger partial charge in [-0.15, -0.1) is 0 Å². The van der Waals surface area contributed by atoms with E-state index in [2.05, 4.69) is 15.1 Å². The molecule has 7 nitrogen and oxygen atoms in total. The maximum atomic E-state index is 13.7. The largest absolute Gasteiger partial charge is 0.383 e. The molecule has 1 heterocycles. The van der Waals surface area contributed by atoms with Crippen molar-refractivity contribution in [2.24, 2.45) is 0 Å². The number of aromatic nitrogens is 2. The van der Waals surface area contributed by atoms with E-state index in [0.29, 0.717) is 19.7 Å². The molecular weight excluding hydrogens is 323 g/mol. The van der Waals surface area contributed by atoms with Gasteiger partial charge in [-0.05, 0) is 12.1 Å². The molecule has 9 heteroatoms. The van der Waals surface area contributed by atoms with E-state index in [9.17, 15) is 12.8 Å². The number of halogens is 1. The smallest absolute Gasteiger partial charge is 0.243 e. The summed E-state index contributed by atoms with van der Waals surface area (Å²) in [5.41, 5.74) is 0.190. The van der Waals surface area contributed by atoms with E-state index in [0.717, 1.165) is 0 Å². The van der Waals surface area contributed by atoms with E-state index in [-0.39, 0.29) is 17.1 Å². The molecule has 1 aromatic heterocycles. The summed E-state index contributed by atoms with van der Waals surface area (Å²) in [6.45, 7) is 1.91. The molecule has 0 fully saturated rings. The first-order valence-electron chi connectivity index (χ1n) is 7.03. The van der Waals surface area contributed by atoms with Crippen LogP contribution in [0.3, 0.4) is 0 Å². The summed E-state index contributed by atoms with van der Waals surface area (Å²) in [6.07, 6.45) is 2.46. The first kappa shape index (κ1) is 17.5. The lowest BCUT2D eigenvalue weighted by molar-refractivity contribution is 0.199. The van der Waals surface area contributed by atoms with Crippen molar-refractivity contribution in [3.63, 3.8) is 0 Å². The summed E-state index contributed by atoms with van der Waals surface area (Å²) in [5.74, 6) is -0.477. The van der Waals surface area contributed by atoms with Crippen molar-refractivity contribution in [1.29, 1.82) is 0 Å². The Morgan fingerprint density at radius 1 is 1.26 bits per heavy atom. The lowest BCUT2D eigenvalue weighted by Crippen LogP contribution is -2.33. The lowest BCUT2D eigenvalue weighted by atomic mass is 10.3. The van der Waals surface area contributed by atoms with Crippen LogP contribution >= 0.6 is 0 Å². The topological polar surface area (TPSA) is 85.2 Å².